The summed E-state index contributed by atoms with van der Waals surface area (Å²) in [6.07, 6.45) is 1.94. The predicted octanol–water partition coefficient (Wildman–Crippen LogP) is 4.64. The van der Waals surface area contributed by atoms with E-state index >= 15 is 0 Å². The van der Waals surface area contributed by atoms with Crippen LogP contribution in [0.5, 0.6) is 0 Å². The molecule has 0 bridgehead atoms. The van der Waals surface area contributed by atoms with E-state index in [4.69, 9.17) is 12.2 Å². The summed E-state index contributed by atoms with van der Waals surface area (Å²) in [6, 6.07) is 14.4. The number of amides is 1. The van der Waals surface area contributed by atoms with Gasteiger partial charge < -0.3 is 0 Å². The van der Waals surface area contributed by atoms with Crippen molar-refractivity contribution >= 4 is 51.6 Å². The van der Waals surface area contributed by atoms with Gasteiger partial charge >= 0.3 is 0 Å². The molecule has 3 rings (SSSR count). The van der Waals surface area contributed by atoms with E-state index < -0.39 is 0 Å². The molecule has 1 saturated heterocycles. The quantitative estimate of drug-likeness (QED) is 0.604. The zero-order valence-corrected chi connectivity index (χ0v) is 13.9. The molecule has 5 heteroatoms. The highest BCUT2D eigenvalue weighted by atomic mass is 32.2. The highest BCUT2D eigenvalue weighted by Crippen LogP contribution is 2.35. The summed E-state index contributed by atoms with van der Waals surface area (Å²) >= 11 is 8.29. The van der Waals surface area contributed by atoms with Crippen LogP contribution >= 0.6 is 35.3 Å². The van der Waals surface area contributed by atoms with Crippen LogP contribution in [0.4, 0.5) is 0 Å². The van der Waals surface area contributed by atoms with E-state index in [1.54, 1.807) is 16.2 Å². The Bertz CT molecular complexity index is 718. The Morgan fingerprint density at radius 3 is 2.62 bits per heavy atom. The van der Waals surface area contributed by atoms with Crippen molar-refractivity contribution in [2.24, 2.45) is 0 Å². The van der Waals surface area contributed by atoms with Crippen LogP contribution in [0.3, 0.4) is 0 Å². The van der Waals surface area contributed by atoms with Crippen molar-refractivity contribution in [3.05, 3.63) is 52.2 Å². The average Bonchev–Trinajstić information content (AvgIpc) is 3.06. The van der Waals surface area contributed by atoms with Gasteiger partial charge in [0.15, 0.2) is 0 Å². The van der Waals surface area contributed by atoms with Crippen molar-refractivity contribution in [3.8, 4) is 10.4 Å². The Labute approximate surface area is 137 Å². The minimum Gasteiger partial charge on any atom is -0.293 e. The van der Waals surface area contributed by atoms with Crippen molar-refractivity contribution in [1.29, 1.82) is 0 Å². The fourth-order valence-electron chi connectivity index (χ4n) is 2.09. The van der Waals surface area contributed by atoms with Crippen LogP contribution in [0.1, 0.15) is 11.8 Å². The van der Waals surface area contributed by atoms with Gasteiger partial charge in [0.25, 0.3) is 5.91 Å². The molecule has 1 aliphatic rings. The van der Waals surface area contributed by atoms with Crippen LogP contribution < -0.4 is 0 Å². The van der Waals surface area contributed by atoms with Gasteiger partial charge in [-0.1, -0.05) is 54.3 Å². The number of hydrogen-bond donors (Lipinski definition) is 0. The number of nitrogens with zero attached hydrogens (tertiary/aromatic N) is 1. The van der Waals surface area contributed by atoms with Gasteiger partial charge in [0, 0.05) is 16.3 Å². The van der Waals surface area contributed by atoms with Gasteiger partial charge in [-0.3, -0.25) is 9.69 Å². The Kier molecular flexibility index (Phi) is 4.24. The first kappa shape index (κ1) is 14.5. The van der Waals surface area contributed by atoms with E-state index in [1.807, 2.05) is 37.3 Å². The third-order valence-corrected chi connectivity index (χ3v) is 5.61. The number of thioether (sulfide) groups is 1. The lowest BCUT2D eigenvalue weighted by Gasteiger charge is -2.09. The molecule has 0 unspecified atom stereocenters. The van der Waals surface area contributed by atoms with Crippen LogP contribution in [-0.2, 0) is 4.79 Å². The molecule has 2 aromatic rings. The third kappa shape index (κ3) is 2.95. The SMILES string of the molecule is CCN1C(=O)/C(=C\c2ccc(-c3ccccc3)s2)SC1=S. The van der Waals surface area contributed by atoms with E-state index in [2.05, 4.69) is 18.2 Å². The second-order valence-electron chi connectivity index (χ2n) is 4.49. The van der Waals surface area contributed by atoms with E-state index in [0.717, 1.165) is 4.88 Å². The Morgan fingerprint density at radius 2 is 1.95 bits per heavy atom. The molecule has 0 atom stereocenters. The first-order chi connectivity index (χ1) is 10.2. The highest BCUT2D eigenvalue weighted by molar-refractivity contribution is 8.26. The first-order valence-corrected chi connectivity index (χ1v) is 8.64. The number of likely N-dealkylation sites (N-methyl/N-ethyl adjacent to an activating group) is 1. The summed E-state index contributed by atoms with van der Waals surface area (Å²) in [5, 5.41) is 0. The largest absolute Gasteiger partial charge is 0.293 e. The molecule has 0 saturated carbocycles. The summed E-state index contributed by atoms with van der Waals surface area (Å²) < 4.78 is 0.647. The summed E-state index contributed by atoms with van der Waals surface area (Å²) in [6.45, 7) is 2.56. The number of hydrogen-bond acceptors (Lipinski definition) is 4. The maximum atomic E-state index is 12.2. The highest BCUT2D eigenvalue weighted by Gasteiger charge is 2.30. The first-order valence-electron chi connectivity index (χ1n) is 6.59. The molecule has 106 valence electrons. The molecule has 0 spiro atoms. The minimum absolute atomic E-state index is 0.0159. The molecule has 1 aromatic carbocycles. The summed E-state index contributed by atoms with van der Waals surface area (Å²) in [5.41, 5.74) is 1.20. The maximum absolute atomic E-state index is 12.2. The van der Waals surface area contributed by atoms with E-state index in [9.17, 15) is 4.79 Å². The van der Waals surface area contributed by atoms with Gasteiger partial charge in [0.2, 0.25) is 0 Å². The lowest BCUT2D eigenvalue weighted by molar-refractivity contribution is -0.121. The molecule has 2 nitrogen and oxygen atoms in total. The molecule has 21 heavy (non-hydrogen) atoms. The lowest BCUT2D eigenvalue weighted by Crippen LogP contribution is -2.27. The Morgan fingerprint density at radius 1 is 1.19 bits per heavy atom. The van der Waals surface area contributed by atoms with Gasteiger partial charge in [-0.15, -0.1) is 11.3 Å². The molecule has 1 aromatic heterocycles. The molecule has 1 amide bonds. The second kappa shape index (κ2) is 6.13. The topological polar surface area (TPSA) is 20.3 Å². The number of rotatable bonds is 3. The van der Waals surface area contributed by atoms with E-state index in [1.165, 1.54) is 22.2 Å². The van der Waals surface area contributed by atoms with Gasteiger partial charge in [0.05, 0.1) is 4.91 Å². The molecule has 0 aliphatic carbocycles. The Hall–Kier alpha value is -1.43. The van der Waals surface area contributed by atoms with Gasteiger partial charge in [-0.25, -0.2) is 0 Å². The molecule has 0 N–H and O–H groups in total. The van der Waals surface area contributed by atoms with Crippen molar-refractivity contribution in [2.45, 2.75) is 6.92 Å². The zero-order valence-electron chi connectivity index (χ0n) is 11.4. The average molecular weight is 331 g/mol. The van der Waals surface area contributed by atoms with Gasteiger partial charge in [-0.05, 0) is 30.7 Å². The maximum Gasteiger partial charge on any atom is 0.266 e. The summed E-state index contributed by atoms with van der Waals surface area (Å²) in [4.78, 5) is 16.8. The molecule has 1 aliphatic heterocycles. The van der Waals surface area contributed by atoms with Crippen LogP contribution in [0.25, 0.3) is 16.5 Å². The van der Waals surface area contributed by atoms with Crippen molar-refractivity contribution < 1.29 is 4.79 Å². The fourth-order valence-corrected chi connectivity index (χ4v) is 4.50. The second-order valence-corrected chi connectivity index (χ2v) is 7.29. The van der Waals surface area contributed by atoms with E-state index in [0.29, 0.717) is 15.8 Å². The summed E-state index contributed by atoms with van der Waals surface area (Å²) in [5.74, 6) is 0.0159. The summed E-state index contributed by atoms with van der Waals surface area (Å²) in [7, 11) is 0. The van der Waals surface area contributed by atoms with Crippen LogP contribution in [-0.4, -0.2) is 21.7 Å². The van der Waals surface area contributed by atoms with Crippen molar-refractivity contribution in [1.82, 2.24) is 4.90 Å². The van der Waals surface area contributed by atoms with E-state index in [-0.39, 0.29) is 5.91 Å². The standard InChI is InChI=1S/C16H13NOS3/c1-2-17-15(18)14(21-16(17)19)10-12-8-9-13(20-12)11-6-4-3-5-7-11/h3-10H,2H2,1H3/b14-10+. The van der Waals surface area contributed by atoms with Crippen LogP contribution in [0.15, 0.2) is 47.4 Å². The fraction of sp³-hybridized carbons (Fsp3) is 0.125. The van der Waals surface area contributed by atoms with Crippen molar-refractivity contribution in [3.63, 3.8) is 0 Å². The van der Waals surface area contributed by atoms with Crippen LogP contribution in [0.2, 0.25) is 0 Å². The normalized spacial score (nSPS) is 17.0. The van der Waals surface area contributed by atoms with Gasteiger partial charge in [-0.2, -0.15) is 0 Å². The lowest BCUT2D eigenvalue weighted by atomic mass is 10.2. The monoisotopic (exact) mass is 331 g/mol. The molecular weight excluding hydrogens is 318 g/mol. The van der Waals surface area contributed by atoms with Crippen molar-refractivity contribution in [2.75, 3.05) is 6.54 Å². The zero-order chi connectivity index (χ0) is 14.8. The number of carbonyl (C=O) groups is 1. The number of benzene rings is 1. The molecular formula is C16H13NOS3. The molecule has 0 radical (unpaired) electrons. The number of carbonyl (C=O) groups excluding carboxylic acids is 1. The number of thiocarbonyl (C=S) groups is 1. The Balaban J connectivity index is 1.87. The minimum atomic E-state index is 0.0159. The molecule has 2 heterocycles. The number of thiophene rings is 1. The molecule has 1 fully saturated rings. The smallest absolute Gasteiger partial charge is 0.266 e. The van der Waals surface area contributed by atoms with Gasteiger partial charge in [0.1, 0.15) is 4.32 Å². The van der Waals surface area contributed by atoms with Crippen LogP contribution in [0, 0.1) is 0 Å². The third-order valence-electron chi connectivity index (χ3n) is 3.15. The predicted molar refractivity (Wildman–Crippen MR) is 95.3 cm³/mol.